The first kappa shape index (κ1) is 14.1. The number of hydrogen-bond donors (Lipinski definition) is 1. The summed E-state index contributed by atoms with van der Waals surface area (Å²) in [5.41, 5.74) is 2.62. The minimum Gasteiger partial charge on any atom is -0.478 e. The van der Waals surface area contributed by atoms with E-state index in [4.69, 9.17) is 16.7 Å². The maximum absolute atomic E-state index is 11.2. The number of hydrogen-bond acceptors (Lipinski definition) is 3. The largest absolute Gasteiger partial charge is 0.478 e. The predicted molar refractivity (Wildman–Crippen MR) is 82.1 cm³/mol. The first-order chi connectivity index (χ1) is 10.6. The van der Waals surface area contributed by atoms with Crippen LogP contribution in [0.25, 0.3) is 5.65 Å². The van der Waals surface area contributed by atoms with Crippen LogP contribution >= 0.6 is 11.6 Å². The zero-order valence-electron chi connectivity index (χ0n) is 11.5. The molecular formula is C16H10ClN3O2. The number of fused-ring (bicyclic) bond motifs is 1. The molecule has 0 unspecified atom stereocenters. The summed E-state index contributed by atoms with van der Waals surface area (Å²) >= 11 is 6.12. The maximum atomic E-state index is 11.2. The molecule has 5 nitrogen and oxygen atoms in total. The van der Waals surface area contributed by atoms with E-state index in [1.807, 2.05) is 0 Å². The quantitative estimate of drug-likeness (QED) is 0.702. The molecule has 108 valence electrons. The van der Waals surface area contributed by atoms with Crippen molar-refractivity contribution in [2.45, 2.75) is 6.92 Å². The Labute approximate surface area is 131 Å². The van der Waals surface area contributed by atoms with E-state index in [1.165, 1.54) is 12.1 Å². The topological polar surface area (TPSA) is 67.5 Å². The van der Waals surface area contributed by atoms with E-state index < -0.39 is 5.97 Å². The predicted octanol–water partition coefficient (Wildman–Crippen LogP) is 2.79. The molecule has 2 heterocycles. The van der Waals surface area contributed by atoms with Gasteiger partial charge in [-0.05, 0) is 24.6 Å². The Balaban J connectivity index is 2.06. The Morgan fingerprint density at radius 3 is 2.91 bits per heavy atom. The molecule has 0 saturated carbocycles. The van der Waals surface area contributed by atoms with Crippen molar-refractivity contribution in [2.75, 3.05) is 0 Å². The average molecular weight is 312 g/mol. The van der Waals surface area contributed by atoms with Gasteiger partial charge in [-0.3, -0.25) is 0 Å². The van der Waals surface area contributed by atoms with Crippen LogP contribution in [0.3, 0.4) is 0 Å². The van der Waals surface area contributed by atoms with Crippen LogP contribution in [0.2, 0.25) is 5.02 Å². The van der Waals surface area contributed by atoms with Crippen LogP contribution in [-0.2, 0) is 0 Å². The third-order valence-corrected chi connectivity index (χ3v) is 3.54. The van der Waals surface area contributed by atoms with E-state index in [0.29, 0.717) is 21.7 Å². The molecule has 1 N–H and O–H groups in total. The van der Waals surface area contributed by atoms with Gasteiger partial charge in [-0.25, -0.2) is 14.3 Å². The Bertz CT molecular complexity index is 951. The van der Waals surface area contributed by atoms with Gasteiger partial charge in [0.15, 0.2) is 5.65 Å². The highest BCUT2D eigenvalue weighted by Gasteiger charge is 2.12. The van der Waals surface area contributed by atoms with Crippen molar-refractivity contribution < 1.29 is 9.90 Å². The Morgan fingerprint density at radius 1 is 1.32 bits per heavy atom. The van der Waals surface area contributed by atoms with E-state index in [0.717, 1.165) is 5.65 Å². The normalized spacial score (nSPS) is 10.3. The lowest BCUT2D eigenvalue weighted by Crippen LogP contribution is -2.01. The zero-order valence-corrected chi connectivity index (χ0v) is 12.3. The Morgan fingerprint density at radius 2 is 2.14 bits per heavy atom. The second-order valence-corrected chi connectivity index (χ2v) is 5.03. The first-order valence-electron chi connectivity index (χ1n) is 6.40. The van der Waals surface area contributed by atoms with Crippen molar-refractivity contribution in [3.63, 3.8) is 0 Å². The van der Waals surface area contributed by atoms with Crippen LogP contribution < -0.4 is 0 Å². The molecule has 6 heteroatoms. The molecule has 0 spiro atoms. The standard InChI is InChI=1S/C16H10ClN3O2/c1-10-12(14(17)5-4-13(10)16(21)22)3-2-11-8-18-15-6-7-19-20(15)9-11/h4-9H,1H3,(H,21,22). The van der Waals surface area contributed by atoms with Gasteiger partial charge in [0.1, 0.15) is 0 Å². The molecule has 22 heavy (non-hydrogen) atoms. The molecule has 3 rings (SSSR count). The molecule has 0 aliphatic rings. The van der Waals surface area contributed by atoms with Crippen LogP contribution in [-0.4, -0.2) is 25.7 Å². The third-order valence-electron chi connectivity index (χ3n) is 3.22. The SMILES string of the molecule is Cc1c(C(=O)O)ccc(Cl)c1C#Cc1cnc2ccnn2c1. The van der Waals surface area contributed by atoms with Crippen LogP contribution in [0.1, 0.15) is 27.0 Å². The van der Waals surface area contributed by atoms with Crippen LogP contribution in [0, 0.1) is 18.8 Å². The number of benzene rings is 1. The maximum Gasteiger partial charge on any atom is 0.335 e. The second-order valence-electron chi connectivity index (χ2n) is 4.63. The van der Waals surface area contributed by atoms with Crippen molar-refractivity contribution in [1.82, 2.24) is 14.6 Å². The molecule has 0 amide bonds. The summed E-state index contributed by atoms with van der Waals surface area (Å²) in [5, 5.41) is 13.7. The van der Waals surface area contributed by atoms with Crippen LogP contribution in [0.5, 0.6) is 0 Å². The van der Waals surface area contributed by atoms with Crippen molar-refractivity contribution in [1.29, 1.82) is 0 Å². The van der Waals surface area contributed by atoms with Gasteiger partial charge in [-0.1, -0.05) is 23.4 Å². The fourth-order valence-corrected chi connectivity index (χ4v) is 2.32. The number of aromatic nitrogens is 3. The molecule has 0 atom stereocenters. The van der Waals surface area contributed by atoms with E-state index in [2.05, 4.69) is 21.9 Å². The summed E-state index contributed by atoms with van der Waals surface area (Å²) in [7, 11) is 0. The smallest absolute Gasteiger partial charge is 0.335 e. The van der Waals surface area contributed by atoms with Crippen LogP contribution in [0.15, 0.2) is 36.8 Å². The van der Waals surface area contributed by atoms with Gasteiger partial charge < -0.3 is 5.11 Å². The summed E-state index contributed by atoms with van der Waals surface area (Å²) < 4.78 is 1.62. The molecule has 0 aliphatic heterocycles. The van der Waals surface area contributed by atoms with Gasteiger partial charge in [0, 0.05) is 24.0 Å². The Hall–Kier alpha value is -2.84. The Kier molecular flexibility index (Phi) is 3.53. The molecular weight excluding hydrogens is 302 g/mol. The number of carbonyl (C=O) groups is 1. The molecule has 0 saturated heterocycles. The van der Waals surface area contributed by atoms with Crippen molar-refractivity contribution in [3.8, 4) is 11.8 Å². The van der Waals surface area contributed by atoms with E-state index >= 15 is 0 Å². The number of halogens is 1. The van der Waals surface area contributed by atoms with Crippen molar-refractivity contribution >= 4 is 23.2 Å². The summed E-state index contributed by atoms with van der Waals surface area (Å²) in [6, 6.07) is 4.80. The van der Waals surface area contributed by atoms with Gasteiger partial charge in [-0.2, -0.15) is 5.10 Å². The fraction of sp³-hybridized carbons (Fsp3) is 0.0625. The average Bonchev–Trinajstić information content (AvgIpc) is 2.94. The minimum absolute atomic E-state index is 0.189. The lowest BCUT2D eigenvalue weighted by atomic mass is 10.0. The molecule has 0 fully saturated rings. The zero-order chi connectivity index (χ0) is 15.7. The second kappa shape index (κ2) is 5.51. The number of aromatic carboxylic acids is 1. The summed E-state index contributed by atoms with van der Waals surface area (Å²) in [6.07, 6.45) is 5.03. The van der Waals surface area contributed by atoms with Crippen LogP contribution in [0.4, 0.5) is 0 Å². The van der Waals surface area contributed by atoms with E-state index in [1.54, 1.807) is 36.1 Å². The number of carboxylic acid groups (broad SMARTS) is 1. The summed E-state index contributed by atoms with van der Waals surface area (Å²) in [5.74, 6) is 4.86. The minimum atomic E-state index is -1.00. The number of rotatable bonds is 1. The number of nitrogens with zero attached hydrogens (tertiary/aromatic N) is 3. The van der Waals surface area contributed by atoms with Crippen molar-refractivity contribution in [3.05, 3.63) is 64.1 Å². The molecule has 0 bridgehead atoms. The van der Waals surface area contributed by atoms with E-state index in [9.17, 15) is 4.79 Å². The lowest BCUT2D eigenvalue weighted by molar-refractivity contribution is 0.0696. The number of carboxylic acids is 1. The highest BCUT2D eigenvalue weighted by molar-refractivity contribution is 6.32. The van der Waals surface area contributed by atoms with Gasteiger partial charge in [0.25, 0.3) is 0 Å². The van der Waals surface area contributed by atoms with Crippen molar-refractivity contribution in [2.24, 2.45) is 0 Å². The fourth-order valence-electron chi connectivity index (χ4n) is 2.07. The molecule has 3 aromatic rings. The molecule has 0 aliphatic carbocycles. The van der Waals surface area contributed by atoms with E-state index in [-0.39, 0.29) is 5.56 Å². The monoisotopic (exact) mass is 311 g/mol. The summed E-state index contributed by atoms with van der Waals surface area (Å²) in [6.45, 7) is 1.69. The molecule has 2 aromatic heterocycles. The first-order valence-corrected chi connectivity index (χ1v) is 6.78. The lowest BCUT2D eigenvalue weighted by Gasteiger charge is -2.05. The molecule has 0 radical (unpaired) electrons. The summed E-state index contributed by atoms with van der Waals surface area (Å²) in [4.78, 5) is 15.4. The van der Waals surface area contributed by atoms with Gasteiger partial charge >= 0.3 is 5.97 Å². The highest BCUT2D eigenvalue weighted by atomic mass is 35.5. The van der Waals surface area contributed by atoms with Gasteiger partial charge in [0.05, 0.1) is 22.3 Å². The van der Waals surface area contributed by atoms with Gasteiger partial charge in [0.2, 0.25) is 0 Å². The highest BCUT2D eigenvalue weighted by Crippen LogP contribution is 2.22. The molecule has 1 aromatic carbocycles. The van der Waals surface area contributed by atoms with Gasteiger partial charge in [-0.15, -0.1) is 0 Å². The third kappa shape index (κ3) is 2.52.